The van der Waals surface area contributed by atoms with Gasteiger partial charge in [-0.25, -0.2) is 0 Å². The molecule has 0 radical (unpaired) electrons. The highest BCUT2D eigenvalue weighted by molar-refractivity contribution is 5.80. The van der Waals surface area contributed by atoms with Crippen molar-refractivity contribution in [2.24, 2.45) is 0 Å². The van der Waals surface area contributed by atoms with Gasteiger partial charge in [-0.1, -0.05) is 169 Å². The van der Waals surface area contributed by atoms with E-state index in [9.17, 15) is 14.4 Å². The van der Waals surface area contributed by atoms with Crippen LogP contribution >= 0.6 is 0 Å². The van der Waals surface area contributed by atoms with Crippen molar-refractivity contribution in [3.63, 3.8) is 0 Å². The average Bonchev–Trinajstić information content (AvgIpc) is 3.21. The zero-order valence-electron chi connectivity index (χ0n) is 37.1. The van der Waals surface area contributed by atoms with E-state index in [1.165, 1.54) is 38.5 Å². The normalized spacial score (nSPS) is 13.0. The number of nitrogens with one attached hydrogen (secondary N) is 1. The van der Waals surface area contributed by atoms with Crippen LogP contribution in [0.25, 0.3) is 0 Å². The fourth-order valence-corrected chi connectivity index (χ4v) is 6.32. The maximum atomic E-state index is 12.8. The van der Waals surface area contributed by atoms with E-state index in [1.54, 1.807) is 0 Å². The third-order valence-electron chi connectivity index (χ3n) is 9.74. The number of aliphatic carboxylic acids is 1. The number of hydrogen-bond acceptors (Lipinski definition) is 4. The van der Waals surface area contributed by atoms with Gasteiger partial charge in [0.1, 0.15) is 12.6 Å². The number of unbranched alkanes of at least 4 members (excludes halogenated alkanes) is 14. The van der Waals surface area contributed by atoms with E-state index in [0.29, 0.717) is 12.8 Å². The Morgan fingerprint density at radius 2 is 0.862 bits per heavy atom. The van der Waals surface area contributed by atoms with E-state index < -0.39 is 5.97 Å². The monoisotopic (exact) mass is 804 g/mol. The SMILES string of the molecule is CC/C=C\C/C=C\C/C=C\C/C=C\C/C=C\C/C=C\CCCCCCC(=O)OC(CCC/C=C\C/C=C\CCCCCCC)CCCCCCCC(=O)NCC(=O)O. The Hall–Kier alpha value is -3.67. The van der Waals surface area contributed by atoms with Crippen molar-refractivity contribution < 1.29 is 24.2 Å². The van der Waals surface area contributed by atoms with E-state index >= 15 is 0 Å². The summed E-state index contributed by atoms with van der Waals surface area (Å²) in [5, 5.41) is 11.1. The summed E-state index contributed by atoms with van der Waals surface area (Å²) in [5.41, 5.74) is 0. The maximum Gasteiger partial charge on any atom is 0.322 e. The Balaban J connectivity index is 4.26. The Labute approximate surface area is 356 Å². The molecule has 58 heavy (non-hydrogen) atoms. The lowest BCUT2D eigenvalue weighted by Gasteiger charge is -2.18. The molecule has 0 bridgehead atoms. The highest BCUT2D eigenvalue weighted by Gasteiger charge is 2.14. The molecule has 0 aromatic heterocycles. The second-order valence-electron chi connectivity index (χ2n) is 15.3. The zero-order chi connectivity index (χ0) is 42.3. The summed E-state index contributed by atoms with van der Waals surface area (Å²) in [6, 6.07) is 0. The Morgan fingerprint density at radius 1 is 0.466 bits per heavy atom. The molecule has 0 saturated heterocycles. The zero-order valence-corrected chi connectivity index (χ0v) is 37.1. The van der Waals surface area contributed by atoms with Crippen LogP contribution in [0.2, 0.25) is 0 Å². The molecule has 0 aromatic rings. The molecule has 6 nitrogen and oxygen atoms in total. The molecule has 0 aliphatic rings. The summed E-state index contributed by atoms with van der Waals surface area (Å²) in [7, 11) is 0. The third kappa shape index (κ3) is 45.0. The van der Waals surface area contributed by atoms with E-state index in [1.807, 2.05) is 0 Å². The first-order chi connectivity index (χ1) is 28.5. The number of carboxylic acids is 1. The van der Waals surface area contributed by atoms with Gasteiger partial charge in [0.2, 0.25) is 5.91 Å². The van der Waals surface area contributed by atoms with Crippen LogP contribution in [0.5, 0.6) is 0 Å². The van der Waals surface area contributed by atoms with Crippen molar-refractivity contribution in [2.75, 3.05) is 6.54 Å². The van der Waals surface area contributed by atoms with Gasteiger partial charge in [-0.3, -0.25) is 14.4 Å². The topological polar surface area (TPSA) is 92.7 Å². The number of rotatable bonds is 41. The van der Waals surface area contributed by atoms with Crippen molar-refractivity contribution >= 4 is 17.8 Å². The van der Waals surface area contributed by atoms with Crippen LogP contribution in [0.1, 0.15) is 200 Å². The minimum absolute atomic E-state index is 0.0385. The molecule has 0 aromatic carbocycles. The van der Waals surface area contributed by atoms with Crippen molar-refractivity contribution in [2.45, 2.75) is 206 Å². The number of ether oxygens (including phenoxy) is 1. The number of carbonyl (C=O) groups excluding carboxylic acids is 2. The van der Waals surface area contributed by atoms with Crippen molar-refractivity contribution in [3.05, 3.63) is 97.2 Å². The molecule has 0 rings (SSSR count). The molecule has 0 fully saturated rings. The number of esters is 1. The van der Waals surface area contributed by atoms with Crippen LogP contribution in [0.15, 0.2) is 97.2 Å². The molecule has 2 N–H and O–H groups in total. The number of carbonyl (C=O) groups is 3. The third-order valence-corrected chi connectivity index (χ3v) is 9.74. The molecule has 328 valence electrons. The Kier molecular flexibility index (Phi) is 43.1. The number of allylic oxidation sites excluding steroid dienone is 16. The Bertz CT molecular complexity index is 1200. The molecule has 1 amide bonds. The van der Waals surface area contributed by atoms with E-state index in [2.05, 4.69) is 116 Å². The second-order valence-corrected chi connectivity index (χ2v) is 15.3. The summed E-state index contributed by atoms with van der Waals surface area (Å²) < 4.78 is 6.01. The second kappa shape index (κ2) is 46.0. The van der Waals surface area contributed by atoms with E-state index in [0.717, 1.165) is 135 Å². The van der Waals surface area contributed by atoms with Gasteiger partial charge in [0.25, 0.3) is 0 Å². The molecule has 0 aliphatic carbocycles. The maximum absolute atomic E-state index is 12.8. The average molecular weight is 804 g/mol. The van der Waals surface area contributed by atoms with Gasteiger partial charge in [-0.05, 0) is 116 Å². The highest BCUT2D eigenvalue weighted by Crippen LogP contribution is 2.17. The largest absolute Gasteiger partial charge is 0.480 e. The van der Waals surface area contributed by atoms with Crippen LogP contribution in [0.4, 0.5) is 0 Å². The molecular weight excluding hydrogens is 719 g/mol. The smallest absolute Gasteiger partial charge is 0.322 e. The lowest BCUT2D eigenvalue weighted by molar-refractivity contribution is -0.150. The van der Waals surface area contributed by atoms with E-state index in [-0.39, 0.29) is 24.5 Å². The van der Waals surface area contributed by atoms with Crippen LogP contribution in [-0.2, 0) is 19.1 Å². The van der Waals surface area contributed by atoms with Gasteiger partial charge in [0.05, 0.1) is 0 Å². The molecule has 0 spiro atoms. The predicted molar refractivity (Wildman–Crippen MR) is 249 cm³/mol. The lowest BCUT2D eigenvalue weighted by Crippen LogP contribution is -2.28. The van der Waals surface area contributed by atoms with Gasteiger partial charge in [0.15, 0.2) is 0 Å². The van der Waals surface area contributed by atoms with Crippen molar-refractivity contribution in [1.82, 2.24) is 5.32 Å². The Morgan fingerprint density at radius 3 is 1.36 bits per heavy atom. The van der Waals surface area contributed by atoms with E-state index in [4.69, 9.17) is 9.84 Å². The van der Waals surface area contributed by atoms with Crippen molar-refractivity contribution in [1.29, 1.82) is 0 Å². The first-order valence-corrected chi connectivity index (χ1v) is 23.4. The summed E-state index contributed by atoms with van der Waals surface area (Å²) >= 11 is 0. The first-order valence-electron chi connectivity index (χ1n) is 23.4. The standard InChI is InChI=1S/C52H85NO5/c1-3-5-7-9-11-13-15-17-18-19-20-21-22-23-24-25-26-28-30-32-34-39-43-47-52(57)58-49(45-41-37-35-38-42-46-50(54)53-48-51(55)56)44-40-36-33-31-29-27-16-14-12-10-8-6-4-2/h5,7,11,13,16-18,20-21,23-24,26-28,31,33,49H,3-4,6,8-10,12,14-15,19,22,25,29-30,32,34-48H2,1-2H3,(H,53,54)(H,55,56)/b7-5-,13-11-,18-17-,21-20-,24-23-,27-16-,28-26-,33-31-. The molecule has 0 heterocycles. The first kappa shape index (κ1) is 54.3. The summed E-state index contributed by atoms with van der Waals surface area (Å²) in [5.74, 6) is -1.30. The van der Waals surface area contributed by atoms with Gasteiger partial charge in [-0.2, -0.15) is 0 Å². The van der Waals surface area contributed by atoms with Gasteiger partial charge in [0, 0.05) is 12.8 Å². The number of carboxylic acid groups (broad SMARTS) is 1. The molecule has 1 atom stereocenters. The molecular formula is C52H85NO5. The quantitative estimate of drug-likeness (QED) is 0.0365. The highest BCUT2D eigenvalue weighted by atomic mass is 16.5. The fraction of sp³-hybridized carbons (Fsp3) is 0.635. The summed E-state index contributed by atoms with van der Waals surface area (Å²) in [4.78, 5) is 35.1. The fourth-order valence-electron chi connectivity index (χ4n) is 6.32. The van der Waals surface area contributed by atoms with Crippen LogP contribution in [-0.4, -0.2) is 35.6 Å². The molecule has 0 saturated carbocycles. The van der Waals surface area contributed by atoms with Gasteiger partial charge < -0.3 is 15.2 Å². The predicted octanol–water partition coefficient (Wildman–Crippen LogP) is 14.9. The summed E-state index contributed by atoms with van der Waals surface area (Å²) in [6.45, 7) is 4.09. The number of amides is 1. The van der Waals surface area contributed by atoms with Crippen molar-refractivity contribution in [3.8, 4) is 0 Å². The summed E-state index contributed by atoms with van der Waals surface area (Å²) in [6.07, 6.45) is 65.3. The molecule has 0 aliphatic heterocycles. The molecule has 1 unspecified atom stereocenters. The minimum atomic E-state index is -1.02. The lowest BCUT2D eigenvalue weighted by atomic mass is 10.0. The van der Waals surface area contributed by atoms with Crippen LogP contribution in [0, 0.1) is 0 Å². The number of hydrogen-bond donors (Lipinski definition) is 2. The van der Waals surface area contributed by atoms with Crippen LogP contribution in [0.3, 0.4) is 0 Å². The minimum Gasteiger partial charge on any atom is -0.480 e. The molecule has 6 heteroatoms. The van der Waals surface area contributed by atoms with Gasteiger partial charge >= 0.3 is 11.9 Å². The van der Waals surface area contributed by atoms with Gasteiger partial charge in [-0.15, -0.1) is 0 Å². The van der Waals surface area contributed by atoms with Crippen LogP contribution < -0.4 is 5.32 Å².